The van der Waals surface area contributed by atoms with Crippen LogP contribution in [0.1, 0.15) is 37.6 Å². The molecule has 1 heterocycles. The van der Waals surface area contributed by atoms with Crippen LogP contribution in [0.5, 0.6) is 0 Å². The van der Waals surface area contributed by atoms with Crippen LogP contribution in [0.3, 0.4) is 0 Å². The second-order valence-electron chi connectivity index (χ2n) is 4.66. The van der Waals surface area contributed by atoms with Crippen LogP contribution in [-0.4, -0.2) is 10.9 Å². The van der Waals surface area contributed by atoms with E-state index in [1.165, 1.54) is 0 Å². The SMILES string of the molecule is CCC(=O)Nc1cccc(NC(C)c2cscn2)c1C. The van der Waals surface area contributed by atoms with Gasteiger partial charge in [0.1, 0.15) is 0 Å². The minimum atomic E-state index is 0.0257. The zero-order chi connectivity index (χ0) is 14.5. The lowest BCUT2D eigenvalue weighted by molar-refractivity contribution is -0.115. The molecule has 2 aromatic rings. The van der Waals surface area contributed by atoms with E-state index in [1.807, 2.05) is 42.9 Å². The number of aromatic nitrogens is 1. The summed E-state index contributed by atoms with van der Waals surface area (Å²) < 4.78 is 0. The van der Waals surface area contributed by atoms with Crippen LogP contribution < -0.4 is 10.6 Å². The molecule has 0 aliphatic carbocycles. The van der Waals surface area contributed by atoms with Gasteiger partial charge in [-0.1, -0.05) is 13.0 Å². The zero-order valence-electron chi connectivity index (χ0n) is 11.9. The topological polar surface area (TPSA) is 54.0 Å². The third-order valence-electron chi connectivity index (χ3n) is 3.20. The Bertz CT molecular complexity index is 581. The van der Waals surface area contributed by atoms with Gasteiger partial charge in [-0.3, -0.25) is 4.79 Å². The van der Waals surface area contributed by atoms with Crippen molar-refractivity contribution in [1.82, 2.24) is 4.98 Å². The van der Waals surface area contributed by atoms with Crippen LogP contribution in [0.4, 0.5) is 11.4 Å². The Labute approximate surface area is 123 Å². The summed E-state index contributed by atoms with van der Waals surface area (Å²) in [6.45, 7) is 5.92. The van der Waals surface area contributed by atoms with Crippen LogP contribution in [-0.2, 0) is 4.79 Å². The van der Waals surface area contributed by atoms with Gasteiger partial charge in [0, 0.05) is 23.2 Å². The summed E-state index contributed by atoms with van der Waals surface area (Å²) in [4.78, 5) is 15.8. The minimum Gasteiger partial charge on any atom is -0.377 e. The number of hydrogen-bond donors (Lipinski definition) is 2. The van der Waals surface area contributed by atoms with E-state index < -0.39 is 0 Å². The monoisotopic (exact) mass is 289 g/mol. The molecule has 106 valence electrons. The van der Waals surface area contributed by atoms with Crippen molar-refractivity contribution in [2.45, 2.75) is 33.2 Å². The first-order valence-corrected chi connectivity index (χ1v) is 7.60. The average Bonchev–Trinajstić information content (AvgIpc) is 2.97. The number of rotatable bonds is 5. The van der Waals surface area contributed by atoms with Gasteiger partial charge in [-0.25, -0.2) is 4.98 Å². The van der Waals surface area contributed by atoms with Crippen molar-refractivity contribution in [3.63, 3.8) is 0 Å². The van der Waals surface area contributed by atoms with Crippen molar-refractivity contribution in [3.05, 3.63) is 40.3 Å². The van der Waals surface area contributed by atoms with E-state index in [0.29, 0.717) is 6.42 Å². The van der Waals surface area contributed by atoms with Crippen LogP contribution in [0, 0.1) is 6.92 Å². The van der Waals surface area contributed by atoms with E-state index in [2.05, 4.69) is 22.5 Å². The van der Waals surface area contributed by atoms with E-state index in [9.17, 15) is 4.79 Å². The summed E-state index contributed by atoms with van der Waals surface area (Å²) in [6.07, 6.45) is 0.478. The largest absolute Gasteiger partial charge is 0.377 e. The molecule has 5 heteroatoms. The van der Waals surface area contributed by atoms with Crippen molar-refractivity contribution in [3.8, 4) is 0 Å². The molecule has 0 spiro atoms. The van der Waals surface area contributed by atoms with Crippen LogP contribution >= 0.6 is 11.3 Å². The number of benzene rings is 1. The predicted octanol–water partition coefficient (Wildman–Crippen LogP) is 3.97. The molecule has 0 bridgehead atoms. The Morgan fingerprint density at radius 2 is 2.15 bits per heavy atom. The minimum absolute atomic E-state index is 0.0257. The molecule has 1 atom stereocenters. The number of anilines is 2. The lowest BCUT2D eigenvalue weighted by Crippen LogP contribution is -2.12. The summed E-state index contributed by atoms with van der Waals surface area (Å²) in [5, 5.41) is 8.39. The molecule has 20 heavy (non-hydrogen) atoms. The van der Waals surface area contributed by atoms with Crippen molar-refractivity contribution in [2.24, 2.45) is 0 Å². The van der Waals surface area contributed by atoms with Gasteiger partial charge in [-0.15, -0.1) is 11.3 Å². The van der Waals surface area contributed by atoms with Crippen molar-refractivity contribution in [2.75, 3.05) is 10.6 Å². The van der Waals surface area contributed by atoms with E-state index in [-0.39, 0.29) is 11.9 Å². The highest BCUT2D eigenvalue weighted by molar-refractivity contribution is 7.07. The molecule has 2 N–H and O–H groups in total. The fourth-order valence-corrected chi connectivity index (χ4v) is 2.56. The lowest BCUT2D eigenvalue weighted by atomic mass is 10.1. The molecule has 1 aromatic carbocycles. The fraction of sp³-hybridized carbons (Fsp3) is 0.333. The van der Waals surface area contributed by atoms with Crippen LogP contribution in [0.15, 0.2) is 29.1 Å². The number of thiazole rings is 1. The van der Waals surface area contributed by atoms with E-state index in [4.69, 9.17) is 0 Å². The van der Waals surface area contributed by atoms with Gasteiger partial charge in [0.15, 0.2) is 0 Å². The number of nitrogens with one attached hydrogen (secondary N) is 2. The Hall–Kier alpha value is -1.88. The summed E-state index contributed by atoms with van der Waals surface area (Å²) in [5.41, 5.74) is 5.76. The number of hydrogen-bond acceptors (Lipinski definition) is 4. The van der Waals surface area contributed by atoms with E-state index >= 15 is 0 Å². The van der Waals surface area contributed by atoms with Gasteiger partial charge in [0.25, 0.3) is 0 Å². The first-order valence-electron chi connectivity index (χ1n) is 6.66. The maximum atomic E-state index is 11.5. The standard InChI is InChI=1S/C15H19N3OS/c1-4-15(19)18-13-7-5-6-12(10(13)2)17-11(3)14-8-20-9-16-14/h5-9,11,17H,4H2,1-3H3,(H,18,19). The Balaban J connectivity index is 2.16. The van der Waals surface area contributed by atoms with Crippen LogP contribution in [0.2, 0.25) is 0 Å². The lowest BCUT2D eigenvalue weighted by Gasteiger charge is -2.17. The Kier molecular flexibility index (Phi) is 4.74. The molecule has 0 radical (unpaired) electrons. The molecular formula is C15H19N3OS. The Morgan fingerprint density at radius 3 is 2.80 bits per heavy atom. The van der Waals surface area contributed by atoms with Crippen molar-refractivity contribution < 1.29 is 4.79 Å². The fourth-order valence-electron chi connectivity index (χ4n) is 1.91. The number of nitrogens with zero attached hydrogens (tertiary/aromatic N) is 1. The zero-order valence-corrected chi connectivity index (χ0v) is 12.8. The quantitative estimate of drug-likeness (QED) is 0.875. The molecule has 0 fully saturated rings. The summed E-state index contributed by atoms with van der Waals surface area (Å²) >= 11 is 1.59. The number of carbonyl (C=O) groups is 1. The van der Waals surface area contributed by atoms with E-state index in [1.54, 1.807) is 11.3 Å². The third-order valence-corrected chi connectivity index (χ3v) is 3.80. The molecule has 1 amide bonds. The molecule has 4 nitrogen and oxygen atoms in total. The highest BCUT2D eigenvalue weighted by atomic mass is 32.1. The maximum Gasteiger partial charge on any atom is 0.224 e. The summed E-state index contributed by atoms with van der Waals surface area (Å²) in [7, 11) is 0. The molecule has 2 rings (SSSR count). The molecule has 0 aliphatic rings. The normalized spacial score (nSPS) is 11.9. The highest BCUT2D eigenvalue weighted by Gasteiger charge is 2.11. The van der Waals surface area contributed by atoms with Gasteiger partial charge in [-0.05, 0) is 31.5 Å². The highest BCUT2D eigenvalue weighted by Crippen LogP contribution is 2.27. The van der Waals surface area contributed by atoms with Gasteiger partial charge >= 0.3 is 0 Å². The molecule has 0 aliphatic heterocycles. The van der Waals surface area contributed by atoms with Crippen molar-refractivity contribution >= 4 is 28.6 Å². The second kappa shape index (κ2) is 6.52. The first-order chi connectivity index (χ1) is 9.61. The molecule has 1 aromatic heterocycles. The summed E-state index contributed by atoms with van der Waals surface area (Å²) in [5.74, 6) is 0.0257. The second-order valence-corrected chi connectivity index (χ2v) is 5.38. The smallest absolute Gasteiger partial charge is 0.224 e. The molecule has 0 saturated heterocycles. The summed E-state index contributed by atoms with van der Waals surface area (Å²) in [6, 6.07) is 6.01. The number of carbonyl (C=O) groups excluding carboxylic acids is 1. The average molecular weight is 289 g/mol. The predicted molar refractivity (Wildman–Crippen MR) is 84.3 cm³/mol. The third kappa shape index (κ3) is 3.36. The van der Waals surface area contributed by atoms with Gasteiger partial charge in [0.05, 0.1) is 17.2 Å². The Morgan fingerprint density at radius 1 is 1.40 bits per heavy atom. The molecule has 1 unspecified atom stereocenters. The first kappa shape index (κ1) is 14.5. The molecular weight excluding hydrogens is 270 g/mol. The van der Waals surface area contributed by atoms with E-state index in [0.717, 1.165) is 22.6 Å². The van der Waals surface area contributed by atoms with Gasteiger partial charge < -0.3 is 10.6 Å². The number of amides is 1. The maximum absolute atomic E-state index is 11.5. The van der Waals surface area contributed by atoms with Crippen molar-refractivity contribution in [1.29, 1.82) is 0 Å². The van der Waals surface area contributed by atoms with Gasteiger partial charge in [0.2, 0.25) is 5.91 Å². The van der Waals surface area contributed by atoms with Gasteiger partial charge in [-0.2, -0.15) is 0 Å². The van der Waals surface area contributed by atoms with Crippen LogP contribution in [0.25, 0.3) is 0 Å². The molecule has 0 saturated carbocycles.